The molecule has 45 heavy (non-hydrogen) atoms. The van der Waals surface area contributed by atoms with Crippen LogP contribution in [0.2, 0.25) is 0 Å². The number of unbranched alkanes of at least 4 members (excludes halogenated alkanes) is 10. The van der Waals surface area contributed by atoms with Crippen molar-refractivity contribution < 1.29 is 0 Å². The van der Waals surface area contributed by atoms with Gasteiger partial charge in [0.15, 0.2) is 0 Å². The predicted molar refractivity (Wildman–Crippen MR) is 195 cm³/mol. The molecule has 8 heteroatoms. The molecule has 0 aliphatic carbocycles. The van der Waals surface area contributed by atoms with Gasteiger partial charge in [0, 0.05) is 47.3 Å². The summed E-state index contributed by atoms with van der Waals surface area (Å²) in [5, 5.41) is 15.0. The van der Waals surface area contributed by atoms with Crippen molar-refractivity contribution in [3.05, 3.63) is 0 Å². The highest BCUT2D eigenvalue weighted by atomic mass is 15.3. The molecule has 0 spiro atoms. The highest BCUT2D eigenvalue weighted by Crippen LogP contribution is 2.35. The topological polar surface area (TPSA) is 90.0 Å². The van der Waals surface area contributed by atoms with Gasteiger partial charge in [0.1, 0.15) is 0 Å². The van der Waals surface area contributed by atoms with E-state index in [9.17, 15) is 0 Å². The monoisotopic (exact) mass is 629 g/mol. The Morgan fingerprint density at radius 3 is 1.60 bits per heavy atom. The predicted octanol–water partition coefficient (Wildman–Crippen LogP) is 8.84. The SMILES string of the molecule is CCCCCCCCCCCCN(c1nc(NCCCC)nc(NC2CC(C)(C)NC(C)(C)C2)n1)C1CC(C)(C)NC(C)(C)C1. The molecule has 1 aromatic heterocycles. The van der Waals surface area contributed by atoms with E-state index >= 15 is 0 Å². The van der Waals surface area contributed by atoms with Gasteiger partial charge in [-0.1, -0.05) is 78.1 Å². The molecule has 3 rings (SSSR count). The standard InChI is InChI=1S/C37H72N8/c1-11-13-15-16-17-18-19-20-21-22-24-45(30-27-36(7,8)44-37(9,10)28-30)33-41-31(38-23-14-12-2)40-32(42-33)39-29-25-34(3,4)43-35(5,6)26-29/h29-30,43-44H,11-28H2,1-10H3,(H2,38,39,40,41,42). The van der Waals surface area contributed by atoms with Gasteiger partial charge in [0.05, 0.1) is 0 Å². The molecule has 2 fully saturated rings. The molecule has 0 aromatic carbocycles. The van der Waals surface area contributed by atoms with Crippen LogP contribution in [0, 0.1) is 0 Å². The van der Waals surface area contributed by atoms with Crippen molar-refractivity contribution in [1.82, 2.24) is 25.6 Å². The highest BCUT2D eigenvalue weighted by Gasteiger charge is 2.41. The van der Waals surface area contributed by atoms with E-state index < -0.39 is 0 Å². The molecule has 0 radical (unpaired) electrons. The number of rotatable bonds is 19. The maximum atomic E-state index is 5.20. The summed E-state index contributed by atoms with van der Waals surface area (Å²) in [6.07, 6.45) is 19.8. The summed E-state index contributed by atoms with van der Waals surface area (Å²) in [7, 11) is 0. The zero-order chi connectivity index (χ0) is 33.1. The van der Waals surface area contributed by atoms with E-state index in [-0.39, 0.29) is 22.2 Å². The van der Waals surface area contributed by atoms with Crippen molar-refractivity contribution in [3.8, 4) is 0 Å². The van der Waals surface area contributed by atoms with E-state index in [1.807, 2.05) is 0 Å². The Kier molecular flexibility index (Phi) is 14.2. The van der Waals surface area contributed by atoms with E-state index in [2.05, 4.69) is 95.4 Å². The second-order valence-electron chi connectivity index (χ2n) is 17.0. The third-order valence-electron chi connectivity index (χ3n) is 9.58. The number of nitrogens with one attached hydrogen (secondary N) is 4. The molecule has 2 aliphatic rings. The van der Waals surface area contributed by atoms with Gasteiger partial charge in [-0.25, -0.2) is 0 Å². The summed E-state index contributed by atoms with van der Waals surface area (Å²) < 4.78 is 0. The zero-order valence-corrected chi connectivity index (χ0v) is 31.2. The fraction of sp³-hybridized carbons (Fsp3) is 0.919. The van der Waals surface area contributed by atoms with Crippen molar-refractivity contribution >= 4 is 17.8 Å². The molecule has 4 N–H and O–H groups in total. The summed E-state index contributed by atoms with van der Waals surface area (Å²) in [6, 6.07) is 0.660. The molecule has 0 saturated carbocycles. The van der Waals surface area contributed by atoms with E-state index in [0.717, 1.165) is 57.6 Å². The molecule has 260 valence electrons. The maximum Gasteiger partial charge on any atom is 0.232 e. The van der Waals surface area contributed by atoms with Crippen molar-refractivity contribution in [1.29, 1.82) is 0 Å². The minimum absolute atomic E-state index is 0.0466. The first kappa shape index (κ1) is 37.8. The maximum absolute atomic E-state index is 5.20. The van der Waals surface area contributed by atoms with Crippen LogP contribution >= 0.6 is 0 Å². The van der Waals surface area contributed by atoms with Crippen LogP contribution < -0.4 is 26.2 Å². The minimum atomic E-state index is 0.0466. The molecule has 8 nitrogen and oxygen atoms in total. The molecule has 0 atom stereocenters. The zero-order valence-electron chi connectivity index (χ0n) is 31.2. The quantitative estimate of drug-likeness (QED) is 0.113. The minimum Gasteiger partial charge on any atom is -0.354 e. The molecule has 2 aliphatic heterocycles. The fourth-order valence-electron chi connectivity index (χ4n) is 8.32. The van der Waals surface area contributed by atoms with Gasteiger partial charge in [-0.05, 0) is 93.9 Å². The normalized spacial score (nSPS) is 21.0. The first-order chi connectivity index (χ1) is 21.1. The largest absolute Gasteiger partial charge is 0.354 e. The number of aromatic nitrogens is 3. The summed E-state index contributed by atoms with van der Waals surface area (Å²) in [5.74, 6) is 2.23. The Balaban J connectivity index is 1.81. The smallest absolute Gasteiger partial charge is 0.232 e. The number of hydrogen-bond acceptors (Lipinski definition) is 8. The van der Waals surface area contributed by atoms with Crippen LogP contribution in [0.25, 0.3) is 0 Å². The number of piperidine rings is 2. The van der Waals surface area contributed by atoms with Gasteiger partial charge >= 0.3 is 0 Å². The van der Waals surface area contributed by atoms with Crippen LogP contribution in [0.3, 0.4) is 0 Å². The average Bonchev–Trinajstić information content (AvgIpc) is 2.88. The molecular formula is C37H72N8. The van der Waals surface area contributed by atoms with E-state index in [4.69, 9.17) is 15.0 Å². The van der Waals surface area contributed by atoms with Crippen molar-refractivity contribution in [3.63, 3.8) is 0 Å². The lowest BCUT2D eigenvalue weighted by Crippen LogP contribution is -2.62. The Morgan fingerprint density at radius 2 is 1.07 bits per heavy atom. The van der Waals surface area contributed by atoms with Crippen molar-refractivity contribution in [2.24, 2.45) is 0 Å². The van der Waals surface area contributed by atoms with Gasteiger partial charge in [-0.3, -0.25) is 0 Å². The van der Waals surface area contributed by atoms with Gasteiger partial charge < -0.3 is 26.2 Å². The number of nitrogens with zero attached hydrogens (tertiary/aromatic N) is 4. The van der Waals surface area contributed by atoms with Gasteiger partial charge in [0.2, 0.25) is 17.8 Å². The van der Waals surface area contributed by atoms with Crippen LogP contribution in [-0.4, -0.2) is 62.3 Å². The second kappa shape index (κ2) is 16.9. The first-order valence-electron chi connectivity index (χ1n) is 18.7. The van der Waals surface area contributed by atoms with Crippen molar-refractivity contribution in [2.75, 3.05) is 28.6 Å². The Bertz CT molecular complexity index is 972. The average molecular weight is 629 g/mol. The lowest BCUT2D eigenvalue weighted by molar-refractivity contribution is 0.157. The third-order valence-corrected chi connectivity index (χ3v) is 9.58. The molecular weight excluding hydrogens is 556 g/mol. The lowest BCUT2D eigenvalue weighted by atomic mass is 9.79. The van der Waals surface area contributed by atoms with Crippen LogP contribution in [0.4, 0.5) is 17.8 Å². The first-order valence-corrected chi connectivity index (χ1v) is 18.7. The number of hydrogen-bond donors (Lipinski definition) is 4. The third kappa shape index (κ3) is 13.5. The Morgan fingerprint density at radius 1 is 0.600 bits per heavy atom. The highest BCUT2D eigenvalue weighted by molar-refractivity contribution is 5.45. The van der Waals surface area contributed by atoms with Crippen LogP contribution in [0.5, 0.6) is 0 Å². The molecule has 0 unspecified atom stereocenters. The Hall–Kier alpha value is -1.67. The number of anilines is 3. The van der Waals surface area contributed by atoms with Gasteiger partial charge in [0.25, 0.3) is 0 Å². The van der Waals surface area contributed by atoms with Crippen LogP contribution in [0.15, 0.2) is 0 Å². The molecule has 2 saturated heterocycles. The summed E-state index contributed by atoms with van der Waals surface area (Å²) >= 11 is 0. The fourth-order valence-corrected chi connectivity index (χ4v) is 8.32. The van der Waals surface area contributed by atoms with E-state index in [1.165, 1.54) is 64.2 Å². The molecule has 1 aromatic rings. The van der Waals surface area contributed by atoms with Gasteiger partial charge in [-0.15, -0.1) is 0 Å². The van der Waals surface area contributed by atoms with Crippen LogP contribution in [0.1, 0.15) is 172 Å². The summed E-state index contributed by atoms with van der Waals surface area (Å²) in [6.45, 7) is 25.0. The van der Waals surface area contributed by atoms with Crippen LogP contribution in [-0.2, 0) is 0 Å². The molecule has 3 heterocycles. The molecule has 0 bridgehead atoms. The summed E-state index contributed by atoms with van der Waals surface area (Å²) in [4.78, 5) is 17.8. The second-order valence-corrected chi connectivity index (χ2v) is 17.0. The molecule has 0 amide bonds. The Labute approximate surface area is 277 Å². The summed E-state index contributed by atoms with van der Waals surface area (Å²) in [5.41, 5.74) is 0.187. The van der Waals surface area contributed by atoms with Crippen molar-refractivity contribution in [2.45, 2.75) is 206 Å². The van der Waals surface area contributed by atoms with Gasteiger partial charge in [-0.2, -0.15) is 15.0 Å². The van der Waals surface area contributed by atoms with E-state index in [0.29, 0.717) is 24.0 Å². The van der Waals surface area contributed by atoms with E-state index in [1.54, 1.807) is 0 Å². The lowest BCUT2D eigenvalue weighted by Gasteiger charge is -2.49.